The van der Waals surface area contributed by atoms with E-state index in [1.54, 1.807) is 12.1 Å². The summed E-state index contributed by atoms with van der Waals surface area (Å²) < 4.78 is 28.0. The number of amides is 1. The minimum absolute atomic E-state index is 0.0147. The van der Waals surface area contributed by atoms with Crippen LogP contribution in [0.2, 0.25) is 0 Å². The quantitative estimate of drug-likeness (QED) is 0.579. The molecule has 0 aliphatic heterocycles. The Morgan fingerprint density at radius 1 is 1.03 bits per heavy atom. The lowest BCUT2D eigenvalue weighted by Crippen LogP contribution is -2.29. The molecular formula is C22H30N2O4S. The van der Waals surface area contributed by atoms with Gasteiger partial charge in [0.25, 0.3) is 0 Å². The predicted octanol–water partition coefficient (Wildman–Crippen LogP) is 3.22. The van der Waals surface area contributed by atoms with Crippen LogP contribution in [0, 0.1) is 5.92 Å². The molecule has 0 radical (unpaired) electrons. The van der Waals surface area contributed by atoms with E-state index in [1.165, 1.54) is 17.7 Å². The Hall–Kier alpha value is -2.38. The van der Waals surface area contributed by atoms with Gasteiger partial charge in [-0.15, -0.1) is 0 Å². The van der Waals surface area contributed by atoms with Crippen LogP contribution in [0.4, 0.5) is 0 Å². The van der Waals surface area contributed by atoms with E-state index in [2.05, 4.69) is 31.3 Å². The number of rotatable bonds is 10. The number of ether oxygens (including phenoxy) is 1. The van der Waals surface area contributed by atoms with Crippen molar-refractivity contribution >= 4 is 15.9 Å². The minimum atomic E-state index is -3.70. The number of carbonyl (C=O) groups is 1. The zero-order valence-electron chi connectivity index (χ0n) is 17.2. The number of nitrogens with two attached hydrogens (primary N) is 1. The van der Waals surface area contributed by atoms with Gasteiger partial charge >= 0.3 is 0 Å². The van der Waals surface area contributed by atoms with Gasteiger partial charge in [-0.2, -0.15) is 0 Å². The fourth-order valence-corrected chi connectivity index (χ4v) is 3.43. The smallest absolute Gasteiger partial charge is 0.238 e. The van der Waals surface area contributed by atoms with Crippen LogP contribution in [0.15, 0.2) is 53.4 Å². The Morgan fingerprint density at radius 3 is 2.21 bits per heavy atom. The topological polar surface area (TPSA) is 98.5 Å². The molecule has 2 rings (SSSR count). The van der Waals surface area contributed by atoms with Crippen LogP contribution < -0.4 is 15.2 Å². The summed E-state index contributed by atoms with van der Waals surface area (Å²) in [6.07, 6.45) is 1.67. The fraction of sp³-hybridized carbons (Fsp3) is 0.409. The van der Waals surface area contributed by atoms with Crippen molar-refractivity contribution in [1.29, 1.82) is 0 Å². The maximum Gasteiger partial charge on any atom is 0.238 e. The normalized spacial score (nSPS) is 12.6. The molecule has 6 nitrogen and oxygen atoms in total. The summed E-state index contributed by atoms with van der Waals surface area (Å²) >= 11 is 0. The minimum Gasteiger partial charge on any atom is -0.494 e. The Balaban J connectivity index is 1.72. The van der Waals surface area contributed by atoms with Gasteiger partial charge in [0, 0.05) is 6.54 Å². The molecule has 0 aliphatic rings. The molecule has 1 unspecified atom stereocenters. The van der Waals surface area contributed by atoms with Crippen LogP contribution >= 0.6 is 0 Å². The van der Waals surface area contributed by atoms with Gasteiger partial charge in [0.1, 0.15) is 5.75 Å². The Labute approximate surface area is 173 Å². The van der Waals surface area contributed by atoms with Crippen LogP contribution in [0.3, 0.4) is 0 Å². The number of benzene rings is 2. The zero-order chi connectivity index (χ0) is 21.4. The summed E-state index contributed by atoms with van der Waals surface area (Å²) in [6.45, 7) is 7.19. The fourth-order valence-electron chi connectivity index (χ4n) is 2.92. The van der Waals surface area contributed by atoms with Crippen molar-refractivity contribution in [3.05, 3.63) is 59.7 Å². The second-order valence-electron chi connectivity index (χ2n) is 7.57. The highest BCUT2D eigenvalue weighted by molar-refractivity contribution is 7.89. The van der Waals surface area contributed by atoms with E-state index in [0.717, 1.165) is 12.0 Å². The lowest BCUT2D eigenvalue weighted by molar-refractivity contribution is -0.122. The molecule has 3 N–H and O–H groups in total. The van der Waals surface area contributed by atoms with Crippen LogP contribution in [-0.2, 0) is 21.2 Å². The van der Waals surface area contributed by atoms with Gasteiger partial charge in [0.15, 0.2) is 0 Å². The molecule has 0 bridgehead atoms. The first-order valence-electron chi connectivity index (χ1n) is 9.79. The Bertz CT molecular complexity index is 891. The molecule has 158 valence electrons. The molecule has 0 saturated carbocycles. The molecule has 0 aliphatic carbocycles. The number of primary sulfonamides is 1. The molecule has 0 aromatic heterocycles. The van der Waals surface area contributed by atoms with Crippen LogP contribution in [0.1, 0.15) is 44.2 Å². The first-order chi connectivity index (χ1) is 13.7. The molecule has 29 heavy (non-hydrogen) atoms. The van der Waals surface area contributed by atoms with Gasteiger partial charge in [0.05, 0.1) is 17.4 Å². The summed E-state index contributed by atoms with van der Waals surface area (Å²) in [5.41, 5.74) is 2.28. The summed E-state index contributed by atoms with van der Waals surface area (Å²) in [6, 6.07) is 14.2. The molecule has 0 spiro atoms. The maximum absolute atomic E-state index is 12.4. The summed E-state index contributed by atoms with van der Waals surface area (Å²) in [5.74, 6) is 0.933. The number of sulfonamides is 1. The van der Waals surface area contributed by atoms with Crippen molar-refractivity contribution in [2.75, 3.05) is 13.2 Å². The SMILES string of the molecule is CC(C)Cc1ccc(C(C)C(=O)NCCCOc2ccc(S(N)(=O)=O)cc2)cc1. The Kier molecular flexibility index (Phi) is 8.22. The average molecular weight is 419 g/mol. The molecule has 2 aromatic rings. The lowest BCUT2D eigenvalue weighted by Gasteiger charge is -2.14. The molecule has 7 heteroatoms. The molecule has 0 heterocycles. The van der Waals surface area contributed by atoms with Crippen LogP contribution in [-0.4, -0.2) is 27.5 Å². The van der Waals surface area contributed by atoms with E-state index in [-0.39, 0.29) is 16.7 Å². The van der Waals surface area contributed by atoms with E-state index in [4.69, 9.17) is 9.88 Å². The largest absolute Gasteiger partial charge is 0.494 e. The highest BCUT2D eigenvalue weighted by Crippen LogP contribution is 2.18. The first-order valence-corrected chi connectivity index (χ1v) is 11.3. The van der Waals surface area contributed by atoms with Gasteiger partial charge in [-0.05, 0) is 61.1 Å². The molecular weight excluding hydrogens is 388 g/mol. The molecule has 0 fully saturated rings. The van der Waals surface area contributed by atoms with E-state index in [9.17, 15) is 13.2 Å². The maximum atomic E-state index is 12.4. The van der Waals surface area contributed by atoms with Gasteiger partial charge in [-0.3, -0.25) is 4.79 Å². The Morgan fingerprint density at radius 2 is 1.66 bits per heavy atom. The first kappa shape index (κ1) is 22.9. The third-order valence-corrected chi connectivity index (χ3v) is 5.49. The van der Waals surface area contributed by atoms with Crippen LogP contribution in [0.5, 0.6) is 5.75 Å². The lowest BCUT2D eigenvalue weighted by atomic mass is 9.96. The van der Waals surface area contributed by atoms with E-state index >= 15 is 0 Å². The standard InChI is InChI=1S/C22H30N2O4S/c1-16(2)15-18-5-7-19(8-6-18)17(3)22(25)24-13-4-14-28-20-9-11-21(12-10-20)29(23,26)27/h5-12,16-17H,4,13-15H2,1-3H3,(H,24,25)(H2,23,26,27). The predicted molar refractivity (Wildman–Crippen MR) is 114 cm³/mol. The number of carbonyl (C=O) groups excluding carboxylic acids is 1. The summed E-state index contributed by atoms with van der Waals surface area (Å²) in [5, 5.41) is 7.99. The van der Waals surface area contributed by atoms with Gasteiger partial charge < -0.3 is 10.1 Å². The molecule has 2 aromatic carbocycles. The van der Waals surface area contributed by atoms with Crippen molar-refractivity contribution in [3.63, 3.8) is 0 Å². The van der Waals surface area contributed by atoms with Crippen molar-refractivity contribution in [1.82, 2.24) is 5.32 Å². The van der Waals surface area contributed by atoms with Crippen molar-refractivity contribution < 1.29 is 17.9 Å². The second-order valence-corrected chi connectivity index (χ2v) is 9.13. The van der Waals surface area contributed by atoms with Crippen LogP contribution in [0.25, 0.3) is 0 Å². The second kappa shape index (κ2) is 10.4. The van der Waals surface area contributed by atoms with E-state index in [1.807, 2.05) is 19.1 Å². The number of hydrogen-bond acceptors (Lipinski definition) is 4. The van der Waals surface area contributed by atoms with Crippen molar-refractivity contribution in [2.24, 2.45) is 11.1 Å². The molecule has 1 atom stereocenters. The van der Waals surface area contributed by atoms with E-state index in [0.29, 0.717) is 31.2 Å². The van der Waals surface area contributed by atoms with E-state index < -0.39 is 10.0 Å². The highest BCUT2D eigenvalue weighted by Gasteiger charge is 2.14. The third kappa shape index (κ3) is 7.51. The van der Waals surface area contributed by atoms with Gasteiger partial charge in [-0.1, -0.05) is 38.1 Å². The average Bonchev–Trinajstić information content (AvgIpc) is 2.67. The highest BCUT2D eigenvalue weighted by atomic mass is 32.2. The van der Waals surface area contributed by atoms with Gasteiger partial charge in [0.2, 0.25) is 15.9 Å². The summed E-state index contributed by atoms with van der Waals surface area (Å²) in [7, 11) is -3.70. The third-order valence-electron chi connectivity index (χ3n) is 4.56. The zero-order valence-corrected chi connectivity index (χ0v) is 18.0. The van der Waals surface area contributed by atoms with Crippen molar-refractivity contribution in [2.45, 2.75) is 44.4 Å². The summed E-state index contributed by atoms with van der Waals surface area (Å²) in [4.78, 5) is 12.4. The molecule has 1 amide bonds. The number of hydrogen-bond donors (Lipinski definition) is 2. The van der Waals surface area contributed by atoms with Crippen molar-refractivity contribution in [3.8, 4) is 5.75 Å². The van der Waals surface area contributed by atoms with Gasteiger partial charge in [-0.25, -0.2) is 13.6 Å². The monoisotopic (exact) mass is 418 g/mol. The molecule has 0 saturated heterocycles. The number of nitrogens with one attached hydrogen (secondary N) is 1.